The topological polar surface area (TPSA) is 110 Å². The maximum absolute atomic E-state index is 12.9. The molecule has 3 aromatic rings. The van der Waals surface area contributed by atoms with E-state index >= 15 is 0 Å². The Bertz CT molecular complexity index is 1040. The summed E-state index contributed by atoms with van der Waals surface area (Å²) in [6.45, 7) is 3.09. The minimum atomic E-state index is -1.12. The van der Waals surface area contributed by atoms with Crippen LogP contribution >= 0.6 is 11.6 Å². The van der Waals surface area contributed by atoms with Crippen molar-refractivity contribution in [2.24, 2.45) is 0 Å². The summed E-state index contributed by atoms with van der Waals surface area (Å²) in [5.74, 6) is -0.615. The van der Waals surface area contributed by atoms with E-state index in [4.69, 9.17) is 11.6 Å². The first kappa shape index (κ1) is 19.7. The normalized spacial score (nSPS) is 11.3. The number of nitrogens with zero attached hydrogens (tertiary/aromatic N) is 4. The van der Waals surface area contributed by atoms with E-state index in [9.17, 15) is 14.7 Å². The zero-order valence-electron chi connectivity index (χ0n) is 15.3. The average molecular weight is 400 g/mol. The molecule has 0 bridgehead atoms. The maximum Gasteiger partial charge on any atom is 0.284 e. The molecule has 2 aromatic heterocycles. The first-order chi connectivity index (χ1) is 13.2. The summed E-state index contributed by atoms with van der Waals surface area (Å²) in [6, 6.07) is 8.26. The van der Waals surface area contributed by atoms with Gasteiger partial charge in [0.15, 0.2) is 0 Å². The predicted octanol–water partition coefficient (Wildman–Crippen LogP) is 1.84. The number of carbonyl (C=O) groups excluding carboxylic acids is 1. The lowest BCUT2D eigenvalue weighted by Crippen LogP contribution is -2.41. The zero-order valence-corrected chi connectivity index (χ0v) is 16.0. The number of hydrogen-bond acceptors (Lipinski definition) is 6. The highest BCUT2D eigenvalue weighted by Crippen LogP contribution is 2.20. The second kappa shape index (κ2) is 7.87. The Morgan fingerprint density at radius 1 is 1.21 bits per heavy atom. The summed E-state index contributed by atoms with van der Waals surface area (Å²) in [7, 11) is 0. The van der Waals surface area contributed by atoms with E-state index in [2.05, 4.69) is 20.4 Å². The van der Waals surface area contributed by atoms with Crippen LogP contribution in [0.15, 0.2) is 53.8 Å². The number of halogens is 1. The van der Waals surface area contributed by atoms with Gasteiger partial charge in [-0.15, -0.1) is 0 Å². The Balaban J connectivity index is 2.12. The SMILES string of the molecule is CC(C)(O)CNC(=O)c1cc(-c2ccc(Cl)cc2)nn(-c2cncnc2)c1=O. The van der Waals surface area contributed by atoms with Gasteiger partial charge in [0.05, 0.1) is 23.7 Å². The van der Waals surface area contributed by atoms with E-state index in [1.54, 1.807) is 38.1 Å². The summed E-state index contributed by atoms with van der Waals surface area (Å²) in [5.41, 5.74) is -0.470. The number of aliphatic hydroxyl groups is 1. The van der Waals surface area contributed by atoms with Crippen molar-refractivity contribution in [2.75, 3.05) is 6.54 Å². The van der Waals surface area contributed by atoms with Crippen LogP contribution in [0.25, 0.3) is 16.9 Å². The number of nitrogens with one attached hydrogen (secondary N) is 1. The molecule has 3 rings (SSSR count). The van der Waals surface area contributed by atoms with Crippen LogP contribution in [0.4, 0.5) is 0 Å². The van der Waals surface area contributed by atoms with Gasteiger partial charge >= 0.3 is 0 Å². The Morgan fingerprint density at radius 3 is 2.46 bits per heavy atom. The van der Waals surface area contributed by atoms with Crippen LogP contribution in [0.1, 0.15) is 24.2 Å². The van der Waals surface area contributed by atoms with Crippen LogP contribution < -0.4 is 10.9 Å². The lowest BCUT2D eigenvalue weighted by atomic mass is 10.1. The monoisotopic (exact) mass is 399 g/mol. The smallest absolute Gasteiger partial charge is 0.284 e. The molecule has 2 N–H and O–H groups in total. The minimum absolute atomic E-state index is 0.0156. The molecular weight excluding hydrogens is 382 g/mol. The molecule has 2 heterocycles. The minimum Gasteiger partial charge on any atom is -0.389 e. The van der Waals surface area contributed by atoms with Crippen LogP contribution in [0.3, 0.4) is 0 Å². The Kier molecular flexibility index (Phi) is 5.53. The second-order valence-electron chi connectivity index (χ2n) is 6.76. The van der Waals surface area contributed by atoms with Crippen LogP contribution in [-0.4, -0.2) is 42.9 Å². The molecule has 28 heavy (non-hydrogen) atoms. The van der Waals surface area contributed by atoms with E-state index < -0.39 is 17.1 Å². The van der Waals surface area contributed by atoms with Crippen molar-refractivity contribution in [2.45, 2.75) is 19.4 Å². The van der Waals surface area contributed by atoms with Crippen LogP contribution in [0, 0.1) is 0 Å². The molecule has 8 nitrogen and oxygen atoms in total. The van der Waals surface area contributed by atoms with E-state index in [0.717, 1.165) is 4.68 Å². The van der Waals surface area contributed by atoms with Crippen molar-refractivity contribution in [1.82, 2.24) is 25.1 Å². The van der Waals surface area contributed by atoms with Crippen molar-refractivity contribution < 1.29 is 9.90 Å². The number of aromatic nitrogens is 4. The quantitative estimate of drug-likeness (QED) is 0.677. The fourth-order valence-corrected chi connectivity index (χ4v) is 2.51. The highest BCUT2D eigenvalue weighted by molar-refractivity contribution is 6.30. The van der Waals surface area contributed by atoms with Gasteiger partial charge in [-0.05, 0) is 32.0 Å². The van der Waals surface area contributed by atoms with Gasteiger partial charge in [0, 0.05) is 17.1 Å². The third-order valence-electron chi connectivity index (χ3n) is 3.77. The van der Waals surface area contributed by atoms with Gasteiger partial charge in [-0.2, -0.15) is 9.78 Å². The molecule has 1 aromatic carbocycles. The first-order valence-electron chi connectivity index (χ1n) is 8.41. The number of amides is 1. The van der Waals surface area contributed by atoms with Gasteiger partial charge in [-0.25, -0.2) is 9.97 Å². The Morgan fingerprint density at radius 2 is 1.86 bits per heavy atom. The largest absolute Gasteiger partial charge is 0.389 e. The van der Waals surface area contributed by atoms with Crippen molar-refractivity contribution in [3.8, 4) is 16.9 Å². The highest BCUT2D eigenvalue weighted by atomic mass is 35.5. The van der Waals surface area contributed by atoms with Crippen molar-refractivity contribution in [1.29, 1.82) is 0 Å². The number of benzene rings is 1. The molecule has 0 atom stereocenters. The molecule has 1 amide bonds. The Hall–Kier alpha value is -3.10. The number of rotatable bonds is 5. The van der Waals surface area contributed by atoms with Crippen molar-refractivity contribution in [3.63, 3.8) is 0 Å². The van der Waals surface area contributed by atoms with Gasteiger partial charge in [0.1, 0.15) is 17.6 Å². The lowest BCUT2D eigenvalue weighted by molar-refractivity contribution is 0.0693. The van der Waals surface area contributed by atoms with E-state index in [-0.39, 0.29) is 12.1 Å². The van der Waals surface area contributed by atoms with Gasteiger partial charge in [0.25, 0.3) is 11.5 Å². The number of hydrogen-bond donors (Lipinski definition) is 2. The highest BCUT2D eigenvalue weighted by Gasteiger charge is 2.20. The molecule has 144 valence electrons. The molecule has 0 spiro atoms. The van der Waals surface area contributed by atoms with E-state index in [1.807, 2.05) is 0 Å². The number of carbonyl (C=O) groups is 1. The van der Waals surface area contributed by atoms with Crippen LogP contribution in [-0.2, 0) is 0 Å². The van der Waals surface area contributed by atoms with Crippen molar-refractivity contribution in [3.05, 3.63) is 70.0 Å². The molecule has 0 fully saturated rings. The summed E-state index contributed by atoms with van der Waals surface area (Å²) in [5, 5.41) is 17.3. The lowest BCUT2D eigenvalue weighted by Gasteiger charge is -2.18. The molecule has 0 saturated carbocycles. The molecule has 0 aliphatic heterocycles. The Labute approximate surface area is 165 Å². The first-order valence-corrected chi connectivity index (χ1v) is 8.79. The molecule has 0 saturated heterocycles. The van der Waals surface area contributed by atoms with Gasteiger partial charge in [-0.3, -0.25) is 9.59 Å². The van der Waals surface area contributed by atoms with E-state index in [1.165, 1.54) is 24.8 Å². The fourth-order valence-electron chi connectivity index (χ4n) is 2.39. The molecule has 0 aliphatic carbocycles. The average Bonchev–Trinajstić information content (AvgIpc) is 2.67. The molecule has 0 radical (unpaired) electrons. The molecular formula is C19H18ClN5O3. The summed E-state index contributed by atoms with van der Waals surface area (Å²) in [4.78, 5) is 33.3. The van der Waals surface area contributed by atoms with Crippen molar-refractivity contribution >= 4 is 17.5 Å². The molecule has 0 aliphatic rings. The maximum atomic E-state index is 12.9. The standard InChI is InChI=1S/C19H18ClN5O3/c1-19(2,28)10-23-17(26)15-7-16(12-3-5-13(20)6-4-12)24-25(18(15)27)14-8-21-11-22-9-14/h3-9,11,28H,10H2,1-2H3,(H,23,26). The fraction of sp³-hybridized carbons (Fsp3) is 0.211. The van der Waals surface area contributed by atoms with Crippen LogP contribution in [0.2, 0.25) is 5.02 Å². The third kappa shape index (κ3) is 4.59. The van der Waals surface area contributed by atoms with Gasteiger partial charge in [0.2, 0.25) is 0 Å². The third-order valence-corrected chi connectivity index (χ3v) is 4.02. The molecule has 9 heteroatoms. The zero-order chi connectivity index (χ0) is 20.3. The summed E-state index contributed by atoms with van der Waals surface area (Å²) >= 11 is 5.94. The summed E-state index contributed by atoms with van der Waals surface area (Å²) in [6.07, 6.45) is 4.17. The van der Waals surface area contributed by atoms with Gasteiger partial charge < -0.3 is 10.4 Å². The van der Waals surface area contributed by atoms with Crippen LogP contribution in [0.5, 0.6) is 0 Å². The van der Waals surface area contributed by atoms with Gasteiger partial charge in [-0.1, -0.05) is 23.7 Å². The molecule has 0 unspecified atom stereocenters. The second-order valence-corrected chi connectivity index (χ2v) is 7.20. The van der Waals surface area contributed by atoms with E-state index in [0.29, 0.717) is 22.0 Å². The predicted molar refractivity (Wildman–Crippen MR) is 105 cm³/mol. The summed E-state index contributed by atoms with van der Waals surface area (Å²) < 4.78 is 1.07.